The fourth-order valence-electron chi connectivity index (χ4n) is 4.57. The highest BCUT2D eigenvalue weighted by Gasteiger charge is 2.41. The molecule has 0 spiro atoms. The van der Waals surface area contributed by atoms with Crippen molar-refractivity contribution in [2.75, 3.05) is 37.6 Å². The van der Waals surface area contributed by atoms with Crippen LogP contribution in [0.2, 0.25) is 0 Å². The molecule has 37 heavy (non-hydrogen) atoms. The Balaban J connectivity index is 1.10. The predicted octanol–water partition coefficient (Wildman–Crippen LogP) is 4.46. The summed E-state index contributed by atoms with van der Waals surface area (Å²) < 4.78 is 54.1. The van der Waals surface area contributed by atoms with Crippen molar-refractivity contribution in [1.82, 2.24) is 14.5 Å². The normalized spacial score (nSPS) is 19.8. The molecular formula is C24H24F3N5O5. The van der Waals surface area contributed by atoms with E-state index >= 15 is 0 Å². The molecule has 1 unspecified atom stereocenters. The van der Waals surface area contributed by atoms with Crippen LogP contribution in [0.5, 0.6) is 23.3 Å². The third kappa shape index (κ3) is 5.88. The SMILES string of the molecule is CC1(CN2CCN(c3ccc(Oc4ccc(OC(F)(F)F)cc4)cc3)CC2)Cn2cc([N+](=O)[O-])nc2O1. The Morgan fingerprint density at radius 1 is 1.03 bits per heavy atom. The topological polar surface area (TPSA) is 95.1 Å². The fourth-order valence-corrected chi connectivity index (χ4v) is 4.57. The molecule has 1 fully saturated rings. The minimum atomic E-state index is -4.73. The van der Waals surface area contributed by atoms with E-state index in [1.807, 2.05) is 31.2 Å². The second kappa shape index (κ2) is 9.47. The van der Waals surface area contributed by atoms with Gasteiger partial charge in [0.25, 0.3) is 0 Å². The van der Waals surface area contributed by atoms with Crippen molar-refractivity contribution in [3.63, 3.8) is 0 Å². The van der Waals surface area contributed by atoms with Gasteiger partial charge in [0.05, 0.1) is 6.54 Å². The molecule has 2 aromatic carbocycles. The van der Waals surface area contributed by atoms with Crippen molar-refractivity contribution in [2.24, 2.45) is 0 Å². The summed E-state index contributed by atoms with van der Waals surface area (Å²) in [6, 6.07) is 13.0. The van der Waals surface area contributed by atoms with Crippen LogP contribution in [0, 0.1) is 10.1 Å². The van der Waals surface area contributed by atoms with Gasteiger partial charge in [-0.25, -0.2) is 0 Å². The maximum Gasteiger partial charge on any atom is 0.573 e. The number of hydrogen-bond acceptors (Lipinski definition) is 8. The van der Waals surface area contributed by atoms with E-state index in [2.05, 4.69) is 19.5 Å². The summed E-state index contributed by atoms with van der Waals surface area (Å²) in [4.78, 5) is 18.9. The summed E-state index contributed by atoms with van der Waals surface area (Å²) in [5.41, 5.74) is 0.534. The number of fused-ring (bicyclic) bond motifs is 1. The lowest BCUT2D eigenvalue weighted by molar-refractivity contribution is -0.389. The number of anilines is 1. The Kier molecular flexibility index (Phi) is 6.31. The summed E-state index contributed by atoms with van der Waals surface area (Å²) in [5.74, 6) is 0.444. The molecule has 0 saturated carbocycles. The number of hydrogen-bond donors (Lipinski definition) is 0. The van der Waals surface area contributed by atoms with Crippen LogP contribution in [-0.4, -0.2) is 64.1 Å². The monoisotopic (exact) mass is 519 g/mol. The third-order valence-electron chi connectivity index (χ3n) is 6.18. The van der Waals surface area contributed by atoms with Gasteiger partial charge in [-0.1, -0.05) is 0 Å². The second-order valence-corrected chi connectivity index (χ2v) is 9.20. The fraction of sp³-hybridized carbons (Fsp3) is 0.375. The number of ether oxygens (including phenoxy) is 3. The van der Waals surface area contributed by atoms with Crippen LogP contribution in [-0.2, 0) is 6.54 Å². The Labute approximate surface area is 209 Å². The molecular weight excluding hydrogens is 495 g/mol. The lowest BCUT2D eigenvalue weighted by atomic mass is 10.1. The number of benzene rings is 2. The number of piperazine rings is 1. The summed E-state index contributed by atoms with van der Waals surface area (Å²) in [6.07, 6.45) is -3.33. The van der Waals surface area contributed by atoms with Gasteiger partial charge in [-0.2, -0.15) is 0 Å². The van der Waals surface area contributed by atoms with E-state index in [-0.39, 0.29) is 17.6 Å². The van der Waals surface area contributed by atoms with Crippen LogP contribution >= 0.6 is 0 Å². The molecule has 1 saturated heterocycles. The quantitative estimate of drug-likeness (QED) is 0.334. The molecule has 2 aliphatic rings. The van der Waals surface area contributed by atoms with Crippen LogP contribution in [0.25, 0.3) is 0 Å². The van der Waals surface area contributed by atoms with Crippen LogP contribution < -0.4 is 19.1 Å². The standard InChI is InChI=1S/C24H24F3N5O5/c1-23(16-31-14-21(32(33)34)28-22(31)37-23)15-29-10-12-30(13-11-29)17-2-4-18(5-3-17)35-19-6-8-20(9-7-19)36-24(25,26)27/h2-9,14H,10-13,15-16H2,1H3. The zero-order valence-electron chi connectivity index (χ0n) is 19.8. The van der Waals surface area contributed by atoms with Gasteiger partial charge in [0.2, 0.25) is 0 Å². The molecule has 0 aliphatic carbocycles. The predicted molar refractivity (Wildman–Crippen MR) is 126 cm³/mol. The highest BCUT2D eigenvalue weighted by atomic mass is 19.4. The molecule has 2 aliphatic heterocycles. The minimum absolute atomic E-state index is 0.212. The number of nitro groups is 1. The molecule has 1 aromatic heterocycles. The van der Waals surface area contributed by atoms with Gasteiger partial charge in [0.1, 0.15) is 29.0 Å². The number of halogens is 3. The first-order valence-electron chi connectivity index (χ1n) is 11.6. The Hall–Kier alpha value is -4.00. The largest absolute Gasteiger partial charge is 0.573 e. The molecule has 0 N–H and O–H groups in total. The molecule has 5 rings (SSSR count). The van der Waals surface area contributed by atoms with Crippen molar-refractivity contribution in [3.05, 3.63) is 64.8 Å². The van der Waals surface area contributed by atoms with Crippen molar-refractivity contribution in [1.29, 1.82) is 0 Å². The van der Waals surface area contributed by atoms with E-state index in [0.717, 1.165) is 31.9 Å². The lowest BCUT2D eigenvalue weighted by Gasteiger charge is -2.39. The first-order chi connectivity index (χ1) is 17.6. The number of nitrogens with zero attached hydrogens (tertiary/aromatic N) is 5. The van der Waals surface area contributed by atoms with E-state index in [1.54, 1.807) is 4.57 Å². The Morgan fingerprint density at radius 3 is 2.19 bits per heavy atom. The highest BCUT2D eigenvalue weighted by molar-refractivity contribution is 5.50. The Bertz CT molecular complexity index is 1230. The number of rotatable bonds is 7. The number of imidazole rings is 1. The molecule has 3 heterocycles. The van der Waals surface area contributed by atoms with E-state index in [4.69, 9.17) is 9.47 Å². The van der Waals surface area contributed by atoms with E-state index in [0.29, 0.717) is 24.6 Å². The summed E-state index contributed by atoms with van der Waals surface area (Å²) in [7, 11) is 0. The van der Waals surface area contributed by atoms with Gasteiger partial charge in [-0.3, -0.25) is 9.47 Å². The zero-order valence-corrected chi connectivity index (χ0v) is 19.8. The number of aromatic nitrogens is 2. The van der Waals surface area contributed by atoms with Crippen LogP contribution in [0.1, 0.15) is 6.92 Å². The van der Waals surface area contributed by atoms with E-state index in [9.17, 15) is 23.3 Å². The minimum Gasteiger partial charge on any atom is -0.457 e. The van der Waals surface area contributed by atoms with Crippen molar-refractivity contribution < 1.29 is 32.3 Å². The molecule has 10 nitrogen and oxygen atoms in total. The van der Waals surface area contributed by atoms with Gasteiger partial charge in [-0.15, -0.1) is 13.2 Å². The Morgan fingerprint density at radius 2 is 1.62 bits per heavy atom. The molecule has 0 bridgehead atoms. The summed E-state index contributed by atoms with van der Waals surface area (Å²) >= 11 is 0. The van der Waals surface area contributed by atoms with E-state index in [1.165, 1.54) is 30.5 Å². The molecule has 3 aromatic rings. The van der Waals surface area contributed by atoms with Gasteiger partial charge in [-0.05, 0) is 60.4 Å². The van der Waals surface area contributed by atoms with E-state index < -0.39 is 16.9 Å². The van der Waals surface area contributed by atoms with Crippen molar-refractivity contribution >= 4 is 11.5 Å². The lowest BCUT2D eigenvalue weighted by Crippen LogP contribution is -2.52. The van der Waals surface area contributed by atoms with Crippen LogP contribution in [0.4, 0.5) is 24.7 Å². The smallest absolute Gasteiger partial charge is 0.457 e. The molecule has 1 atom stereocenters. The average molecular weight is 519 g/mol. The molecule has 0 radical (unpaired) electrons. The maximum absolute atomic E-state index is 12.3. The first kappa shape index (κ1) is 24.7. The summed E-state index contributed by atoms with van der Waals surface area (Å²) in [5, 5.41) is 10.9. The highest BCUT2D eigenvalue weighted by Crippen LogP contribution is 2.32. The first-order valence-corrected chi connectivity index (χ1v) is 11.6. The third-order valence-corrected chi connectivity index (χ3v) is 6.18. The van der Waals surface area contributed by atoms with Gasteiger partial charge < -0.3 is 29.2 Å². The van der Waals surface area contributed by atoms with Crippen LogP contribution in [0.15, 0.2) is 54.7 Å². The summed E-state index contributed by atoms with van der Waals surface area (Å²) in [6.45, 7) is 6.44. The van der Waals surface area contributed by atoms with Crippen molar-refractivity contribution in [2.45, 2.75) is 25.4 Å². The van der Waals surface area contributed by atoms with Gasteiger partial charge >= 0.3 is 18.2 Å². The van der Waals surface area contributed by atoms with Crippen molar-refractivity contribution in [3.8, 4) is 23.3 Å². The average Bonchev–Trinajstić information content (AvgIpc) is 3.36. The molecule has 13 heteroatoms. The molecule has 0 amide bonds. The van der Waals surface area contributed by atoms with Gasteiger partial charge in [0, 0.05) is 43.4 Å². The number of alkyl halides is 3. The second-order valence-electron chi connectivity index (χ2n) is 9.20. The molecule has 196 valence electrons. The zero-order chi connectivity index (χ0) is 26.2. The maximum atomic E-state index is 12.3. The van der Waals surface area contributed by atoms with Gasteiger partial charge in [0.15, 0.2) is 0 Å². The van der Waals surface area contributed by atoms with Crippen LogP contribution in [0.3, 0.4) is 0 Å².